The molecule has 4 heteroatoms. The van der Waals surface area contributed by atoms with Crippen molar-refractivity contribution >= 4 is 11.8 Å². The molecule has 0 radical (unpaired) electrons. The highest BCUT2D eigenvalue weighted by Crippen LogP contribution is 2.08. The lowest BCUT2D eigenvalue weighted by molar-refractivity contribution is 0.0919. The number of carbonyl (C=O) groups is 2. The number of hydrogen-bond donors (Lipinski definition) is 2. The summed E-state index contributed by atoms with van der Waals surface area (Å²) >= 11 is 0. The molecule has 0 bridgehead atoms. The van der Waals surface area contributed by atoms with E-state index in [0.29, 0.717) is 17.7 Å². The van der Waals surface area contributed by atoms with Crippen LogP contribution in [-0.4, -0.2) is 23.9 Å². The van der Waals surface area contributed by atoms with E-state index in [0.717, 1.165) is 6.42 Å². The summed E-state index contributed by atoms with van der Waals surface area (Å²) in [4.78, 5) is 23.8. The fourth-order valence-electron chi connectivity index (χ4n) is 1.56. The van der Waals surface area contributed by atoms with E-state index in [1.807, 2.05) is 27.7 Å². The van der Waals surface area contributed by atoms with Crippen molar-refractivity contribution in [3.8, 4) is 0 Å². The summed E-state index contributed by atoms with van der Waals surface area (Å²) < 4.78 is 0. The normalized spacial score (nSPS) is 10.9. The third-order valence-corrected chi connectivity index (χ3v) is 2.41. The van der Waals surface area contributed by atoms with Gasteiger partial charge in [0.25, 0.3) is 11.8 Å². The van der Waals surface area contributed by atoms with E-state index in [1.54, 1.807) is 24.3 Å². The van der Waals surface area contributed by atoms with Gasteiger partial charge in [0.2, 0.25) is 0 Å². The first-order valence-corrected chi connectivity index (χ1v) is 6.54. The maximum absolute atomic E-state index is 12.0. The molecule has 0 spiro atoms. The van der Waals surface area contributed by atoms with Gasteiger partial charge in [-0.05, 0) is 45.4 Å². The molecule has 0 aromatic heterocycles. The predicted octanol–water partition coefficient (Wildman–Crippen LogP) is 2.35. The first-order valence-electron chi connectivity index (χ1n) is 6.54. The highest BCUT2D eigenvalue weighted by atomic mass is 16.2. The fourth-order valence-corrected chi connectivity index (χ4v) is 1.56. The molecular formula is C15H22N2O2. The summed E-state index contributed by atoms with van der Waals surface area (Å²) in [6.45, 7) is 8.39. The van der Waals surface area contributed by atoms with Crippen molar-refractivity contribution in [1.29, 1.82) is 0 Å². The second-order valence-corrected chi connectivity index (χ2v) is 5.54. The van der Waals surface area contributed by atoms with Gasteiger partial charge in [-0.25, -0.2) is 0 Å². The summed E-state index contributed by atoms with van der Waals surface area (Å²) in [5.74, 6) is -0.315. The average Bonchev–Trinajstić information content (AvgIpc) is 2.34. The Morgan fingerprint density at radius 1 is 1.11 bits per heavy atom. The molecular weight excluding hydrogens is 240 g/mol. The molecule has 0 fully saturated rings. The van der Waals surface area contributed by atoms with Crippen LogP contribution in [0.2, 0.25) is 0 Å². The monoisotopic (exact) mass is 262 g/mol. The number of carbonyl (C=O) groups excluding carboxylic acids is 2. The summed E-state index contributed by atoms with van der Waals surface area (Å²) in [7, 11) is 0. The van der Waals surface area contributed by atoms with Crippen molar-refractivity contribution in [2.24, 2.45) is 0 Å². The lowest BCUT2D eigenvalue weighted by Gasteiger charge is -2.20. The minimum Gasteiger partial charge on any atom is -0.352 e. The third-order valence-electron chi connectivity index (χ3n) is 2.41. The maximum atomic E-state index is 12.0. The van der Waals surface area contributed by atoms with Crippen molar-refractivity contribution in [2.45, 2.75) is 39.7 Å². The van der Waals surface area contributed by atoms with Gasteiger partial charge in [0.05, 0.1) is 0 Å². The number of nitrogens with one attached hydrogen (secondary N) is 2. The molecule has 0 aliphatic carbocycles. The fraction of sp³-hybridized carbons (Fsp3) is 0.467. The minimum absolute atomic E-state index is 0.146. The van der Waals surface area contributed by atoms with E-state index in [2.05, 4.69) is 10.6 Å². The van der Waals surface area contributed by atoms with Gasteiger partial charge in [0.1, 0.15) is 0 Å². The molecule has 0 saturated carbocycles. The molecule has 2 N–H and O–H groups in total. The summed E-state index contributed by atoms with van der Waals surface area (Å²) in [5, 5.41) is 5.67. The minimum atomic E-state index is -0.294. The average molecular weight is 262 g/mol. The zero-order chi connectivity index (χ0) is 14.5. The Hall–Kier alpha value is -1.84. The topological polar surface area (TPSA) is 58.2 Å². The van der Waals surface area contributed by atoms with E-state index in [-0.39, 0.29) is 17.4 Å². The first-order chi connectivity index (χ1) is 8.83. The van der Waals surface area contributed by atoms with Gasteiger partial charge in [-0.15, -0.1) is 0 Å². The van der Waals surface area contributed by atoms with Gasteiger partial charge < -0.3 is 10.6 Å². The highest BCUT2D eigenvalue weighted by Gasteiger charge is 2.16. The summed E-state index contributed by atoms with van der Waals surface area (Å²) in [6, 6.07) is 6.75. The van der Waals surface area contributed by atoms with Crippen molar-refractivity contribution in [1.82, 2.24) is 10.6 Å². The molecule has 1 rings (SSSR count). The van der Waals surface area contributed by atoms with E-state index in [1.165, 1.54) is 0 Å². The highest BCUT2D eigenvalue weighted by molar-refractivity contribution is 5.99. The molecule has 0 heterocycles. The molecule has 2 amide bonds. The van der Waals surface area contributed by atoms with Crippen LogP contribution in [0.4, 0.5) is 0 Å². The Morgan fingerprint density at radius 2 is 1.68 bits per heavy atom. The Kier molecular flexibility index (Phi) is 5.10. The van der Waals surface area contributed by atoms with Crippen LogP contribution in [-0.2, 0) is 0 Å². The Balaban J connectivity index is 2.82. The Bertz CT molecular complexity index is 461. The van der Waals surface area contributed by atoms with Gasteiger partial charge in [0.15, 0.2) is 0 Å². The molecule has 0 saturated heterocycles. The molecule has 1 aromatic rings. The van der Waals surface area contributed by atoms with Gasteiger partial charge >= 0.3 is 0 Å². The molecule has 0 aliphatic rings. The second-order valence-electron chi connectivity index (χ2n) is 5.54. The van der Waals surface area contributed by atoms with E-state index in [4.69, 9.17) is 0 Å². The van der Waals surface area contributed by atoms with Gasteiger partial charge in [-0.3, -0.25) is 9.59 Å². The summed E-state index contributed by atoms with van der Waals surface area (Å²) in [5.41, 5.74) is 0.714. The SMILES string of the molecule is CCCNC(=O)c1cccc(C(=O)NC(C)(C)C)c1. The standard InChI is InChI=1S/C15H22N2O2/c1-5-9-16-13(18)11-7-6-8-12(10-11)14(19)17-15(2,3)4/h6-8,10H,5,9H2,1-4H3,(H,16,18)(H,17,19). The van der Waals surface area contributed by atoms with E-state index < -0.39 is 0 Å². The molecule has 4 nitrogen and oxygen atoms in total. The zero-order valence-corrected chi connectivity index (χ0v) is 12.0. The van der Waals surface area contributed by atoms with Gasteiger partial charge in [-0.2, -0.15) is 0 Å². The Labute approximate surface area is 114 Å². The molecule has 0 aliphatic heterocycles. The van der Waals surface area contributed by atoms with Crippen molar-refractivity contribution in [2.75, 3.05) is 6.54 Å². The molecule has 0 atom stereocenters. The second kappa shape index (κ2) is 6.36. The quantitative estimate of drug-likeness (QED) is 0.875. The van der Waals surface area contributed by atoms with Gasteiger partial charge in [0, 0.05) is 23.2 Å². The van der Waals surface area contributed by atoms with Crippen LogP contribution in [0, 0.1) is 0 Å². The molecule has 19 heavy (non-hydrogen) atoms. The third kappa shape index (κ3) is 5.12. The molecule has 1 aromatic carbocycles. The van der Waals surface area contributed by atoms with Crippen LogP contribution in [0.15, 0.2) is 24.3 Å². The van der Waals surface area contributed by atoms with Crippen LogP contribution in [0.3, 0.4) is 0 Å². The number of benzene rings is 1. The lowest BCUT2D eigenvalue weighted by Crippen LogP contribution is -2.40. The zero-order valence-electron chi connectivity index (χ0n) is 12.0. The first kappa shape index (κ1) is 15.2. The van der Waals surface area contributed by atoms with Gasteiger partial charge in [-0.1, -0.05) is 13.0 Å². The Morgan fingerprint density at radius 3 is 2.21 bits per heavy atom. The van der Waals surface area contributed by atoms with Crippen molar-refractivity contribution < 1.29 is 9.59 Å². The maximum Gasteiger partial charge on any atom is 0.251 e. The van der Waals surface area contributed by atoms with Crippen LogP contribution < -0.4 is 10.6 Å². The number of rotatable bonds is 4. The smallest absolute Gasteiger partial charge is 0.251 e. The largest absolute Gasteiger partial charge is 0.352 e. The molecule has 104 valence electrons. The van der Waals surface area contributed by atoms with E-state index >= 15 is 0 Å². The van der Waals surface area contributed by atoms with Crippen LogP contribution in [0.1, 0.15) is 54.8 Å². The molecule has 0 unspecified atom stereocenters. The van der Waals surface area contributed by atoms with Crippen LogP contribution >= 0.6 is 0 Å². The number of hydrogen-bond acceptors (Lipinski definition) is 2. The van der Waals surface area contributed by atoms with E-state index in [9.17, 15) is 9.59 Å². The van der Waals surface area contributed by atoms with Crippen molar-refractivity contribution in [3.05, 3.63) is 35.4 Å². The lowest BCUT2D eigenvalue weighted by atomic mass is 10.1. The number of amides is 2. The summed E-state index contributed by atoms with van der Waals surface area (Å²) in [6.07, 6.45) is 0.885. The van der Waals surface area contributed by atoms with Crippen molar-refractivity contribution in [3.63, 3.8) is 0 Å². The predicted molar refractivity (Wildman–Crippen MR) is 76.3 cm³/mol. The van der Waals surface area contributed by atoms with Crippen LogP contribution in [0.25, 0.3) is 0 Å². The van der Waals surface area contributed by atoms with Crippen LogP contribution in [0.5, 0.6) is 0 Å².